The summed E-state index contributed by atoms with van der Waals surface area (Å²) in [5.41, 5.74) is -1.78. The van der Waals surface area contributed by atoms with Crippen LogP contribution in [0.4, 0.5) is 4.79 Å². The third-order valence-corrected chi connectivity index (χ3v) is 17.6. The minimum atomic E-state index is -2.07. The van der Waals surface area contributed by atoms with Gasteiger partial charge in [-0.25, -0.2) is 4.79 Å². The number of nitrogens with zero attached hydrogens (tertiary/aromatic N) is 1. The van der Waals surface area contributed by atoms with E-state index >= 15 is 0 Å². The molecule has 0 spiro atoms. The largest absolute Gasteiger partial charge is 0.459 e. The molecule has 0 rings (SSSR count). The Kier molecular flexibility index (Phi) is 14.4. The number of hydrogen-bond acceptors (Lipinski definition) is 9. The first-order valence-corrected chi connectivity index (χ1v) is 21.1. The van der Waals surface area contributed by atoms with Crippen molar-refractivity contribution in [1.82, 2.24) is 4.90 Å². The Bertz CT molecular complexity index is 851. The van der Waals surface area contributed by atoms with Crippen molar-refractivity contribution >= 4 is 45.6 Å². The van der Waals surface area contributed by atoms with Crippen molar-refractivity contribution in [1.29, 1.82) is 0 Å². The Balaban J connectivity index is 6.04. The lowest BCUT2D eigenvalue weighted by Crippen LogP contribution is -2.47. The maximum absolute atomic E-state index is 13.7. The zero-order chi connectivity index (χ0) is 32.8. The van der Waals surface area contributed by atoms with Crippen LogP contribution in [0.3, 0.4) is 0 Å². The van der Waals surface area contributed by atoms with E-state index in [0.717, 1.165) is 0 Å². The number of thioether (sulfide) groups is 1. The van der Waals surface area contributed by atoms with Crippen molar-refractivity contribution in [3.63, 3.8) is 0 Å². The molecule has 0 aromatic rings. The van der Waals surface area contributed by atoms with Crippen LogP contribution in [0.25, 0.3) is 0 Å². The van der Waals surface area contributed by atoms with Gasteiger partial charge in [0, 0.05) is 13.1 Å². The van der Waals surface area contributed by atoms with Gasteiger partial charge in [-0.1, -0.05) is 41.5 Å². The molecule has 0 saturated heterocycles. The van der Waals surface area contributed by atoms with Gasteiger partial charge in [-0.05, 0) is 89.6 Å². The summed E-state index contributed by atoms with van der Waals surface area (Å²) in [7, 11) is -4.14. The number of amides is 1. The molecule has 242 valence electrons. The van der Waals surface area contributed by atoms with E-state index in [9.17, 15) is 19.5 Å². The van der Waals surface area contributed by atoms with Gasteiger partial charge in [0.1, 0.15) is 16.5 Å². The van der Waals surface area contributed by atoms with E-state index in [1.54, 1.807) is 46.4 Å². The van der Waals surface area contributed by atoms with E-state index in [-0.39, 0.29) is 23.2 Å². The molecule has 2 atom stereocenters. The van der Waals surface area contributed by atoms with Gasteiger partial charge in [0.05, 0.1) is 13.2 Å². The predicted molar refractivity (Wildman–Crippen MR) is 172 cm³/mol. The first-order valence-electron chi connectivity index (χ1n) is 14.4. The van der Waals surface area contributed by atoms with Crippen molar-refractivity contribution in [3.05, 3.63) is 0 Å². The van der Waals surface area contributed by atoms with Gasteiger partial charge in [-0.15, -0.1) is 0 Å². The zero-order valence-electron chi connectivity index (χ0n) is 28.6. The molecule has 0 aromatic carbocycles. The molecule has 12 heteroatoms. The Labute approximate surface area is 256 Å². The molecule has 0 heterocycles. The third kappa shape index (κ3) is 14.4. The summed E-state index contributed by atoms with van der Waals surface area (Å²) < 4.78 is 23.4. The molecule has 0 bridgehead atoms. The monoisotopic (exact) mass is 637 g/mol. The Morgan fingerprint density at radius 1 is 0.683 bits per heavy atom. The number of hydrogen-bond donors (Lipinski definition) is 1. The van der Waals surface area contributed by atoms with Crippen molar-refractivity contribution in [2.75, 3.05) is 26.3 Å². The first-order chi connectivity index (χ1) is 18.0. The summed E-state index contributed by atoms with van der Waals surface area (Å²) in [5, 5.41) is 8.88. The average Bonchev–Trinajstić information content (AvgIpc) is 2.71. The van der Waals surface area contributed by atoms with Crippen molar-refractivity contribution in [3.8, 4) is 0 Å². The molecule has 9 nitrogen and oxygen atoms in total. The zero-order valence-corrected chi connectivity index (χ0v) is 31.5. The standard InChI is InChI=1S/C29H59NO8SSi2/c1-26(2,3)37-23(32)21(31)22(24(33)38-27(4,5)6)39-25(34)30(17-19-35-40(13,14)28(7,8)9)18-20-36-41(15,16)29(10,11)12/h21-22,31H,17-20H2,1-16H3/t21-,22+/m1/s1. The van der Waals surface area contributed by atoms with Crippen molar-refractivity contribution in [2.24, 2.45) is 0 Å². The average molecular weight is 638 g/mol. The summed E-state index contributed by atoms with van der Waals surface area (Å²) >= 11 is 0.564. The second kappa shape index (κ2) is 14.7. The quantitative estimate of drug-likeness (QED) is 0.187. The predicted octanol–water partition coefficient (Wildman–Crippen LogP) is 6.60. The molecular formula is C29H59NO8SSi2. The van der Waals surface area contributed by atoms with Crippen LogP contribution in [0.2, 0.25) is 36.3 Å². The second-order valence-corrected chi connectivity index (χ2v) is 26.2. The lowest BCUT2D eigenvalue weighted by molar-refractivity contribution is -0.171. The van der Waals surface area contributed by atoms with E-state index in [1.807, 2.05) is 0 Å². The van der Waals surface area contributed by atoms with Gasteiger partial charge in [0.15, 0.2) is 22.7 Å². The highest BCUT2D eigenvalue weighted by atomic mass is 32.2. The number of ether oxygens (including phenoxy) is 2. The normalized spacial score (nSPS) is 15.2. The van der Waals surface area contributed by atoms with Crippen LogP contribution in [-0.2, 0) is 27.9 Å². The third-order valence-electron chi connectivity index (χ3n) is 7.32. The highest BCUT2D eigenvalue weighted by Crippen LogP contribution is 2.37. The molecule has 0 aliphatic carbocycles. The highest BCUT2D eigenvalue weighted by Gasteiger charge is 2.42. The Morgan fingerprint density at radius 2 is 1.02 bits per heavy atom. The topological polar surface area (TPSA) is 112 Å². The molecule has 41 heavy (non-hydrogen) atoms. The van der Waals surface area contributed by atoms with Gasteiger partial charge in [0.2, 0.25) is 0 Å². The van der Waals surface area contributed by atoms with Gasteiger partial charge in [-0.2, -0.15) is 0 Å². The van der Waals surface area contributed by atoms with Crippen molar-refractivity contribution < 1.29 is 37.8 Å². The van der Waals surface area contributed by atoms with Crippen LogP contribution in [0, 0.1) is 0 Å². The maximum atomic E-state index is 13.7. The van der Waals surface area contributed by atoms with Crippen LogP contribution in [-0.4, -0.2) is 92.7 Å². The van der Waals surface area contributed by atoms with E-state index in [0.29, 0.717) is 25.0 Å². The molecule has 0 saturated carbocycles. The fraction of sp³-hybridized carbons (Fsp3) is 0.897. The van der Waals surface area contributed by atoms with Gasteiger partial charge in [0.25, 0.3) is 5.24 Å². The maximum Gasteiger partial charge on any atom is 0.337 e. The van der Waals surface area contributed by atoms with E-state index in [4.69, 9.17) is 18.3 Å². The van der Waals surface area contributed by atoms with E-state index < -0.39 is 56.4 Å². The minimum Gasteiger partial charge on any atom is -0.459 e. The molecule has 0 aliphatic heterocycles. The second-order valence-electron chi connectivity index (χ2n) is 15.5. The molecule has 0 unspecified atom stereocenters. The van der Waals surface area contributed by atoms with E-state index in [1.165, 1.54) is 0 Å². The number of aliphatic hydroxyl groups is 1. The SMILES string of the molecule is CC(C)(C)OC(=O)[C@@H](SC(=O)N(CCO[Si](C)(C)C(C)(C)C)CCO[Si](C)(C)C(C)(C)C)[C@@H](O)C(=O)OC(C)(C)C. The Morgan fingerprint density at radius 3 is 1.34 bits per heavy atom. The fourth-order valence-electron chi connectivity index (χ4n) is 2.82. The van der Waals surface area contributed by atoms with Crippen LogP contribution in [0.5, 0.6) is 0 Å². The first kappa shape index (κ1) is 40.1. The van der Waals surface area contributed by atoms with Gasteiger partial charge in [-0.3, -0.25) is 9.59 Å². The summed E-state index contributed by atoms with van der Waals surface area (Å²) in [6.45, 7) is 32.6. The smallest absolute Gasteiger partial charge is 0.337 e. The Hall–Kier alpha value is -0.926. The number of rotatable bonds is 12. The molecular weight excluding hydrogens is 579 g/mol. The summed E-state index contributed by atoms with van der Waals surface area (Å²) in [6.07, 6.45) is -1.90. The van der Waals surface area contributed by atoms with Crippen LogP contribution < -0.4 is 0 Å². The fourth-order valence-corrected chi connectivity index (χ4v) is 5.82. The molecule has 1 N–H and O–H groups in total. The molecule has 0 fully saturated rings. The van der Waals surface area contributed by atoms with Crippen LogP contribution in [0.15, 0.2) is 0 Å². The number of esters is 2. The van der Waals surface area contributed by atoms with Gasteiger partial charge < -0.3 is 28.3 Å². The lowest BCUT2D eigenvalue weighted by Gasteiger charge is -2.38. The summed E-state index contributed by atoms with van der Waals surface area (Å²) in [4.78, 5) is 41.1. The van der Waals surface area contributed by atoms with Crippen LogP contribution in [0.1, 0.15) is 83.1 Å². The molecule has 1 amide bonds. The number of carbonyl (C=O) groups is 3. The summed E-state index contributed by atoms with van der Waals surface area (Å²) in [6, 6.07) is 0. The lowest BCUT2D eigenvalue weighted by atomic mass is 10.1. The highest BCUT2D eigenvalue weighted by molar-refractivity contribution is 8.14. The number of aliphatic hydroxyl groups excluding tert-OH is 1. The minimum absolute atomic E-state index is 0.00136. The molecule has 0 aliphatic rings. The summed E-state index contributed by atoms with van der Waals surface area (Å²) in [5.74, 6) is -1.87. The molecule has 0 aromatic heterocycles. The van der Waals surface area contributed by atoms with E-state index in [2.05, 4.69) is 67.7 Å². The molecule has 0 radical (unpaired) electrons. The van der Waals surface area contributed by atoms with Crippen molar-refractivity contribution in [2.45, 2.75) is 142 Å². The van der Waals surface area contributed by atoms with Crippen LogP contribution >= 0.6 is 11.8 Å². The number of carbonyl (C=O) groups excluding carboxylic acids is 3. The van der Waals surface area contributed by atoms with Gasteiger partial charge >= 0.3 is 11.9 Å².